The minimum atomic E-state index is -0.373. The zero-order valence-corrected chi connectivity index (χ0v) is 13.8. The Hall–Kier alpha value is -1.88. The van der Waals surface area contributed by atoms with Crippen molar-refractivity contribution in [3.05, 3.63) is 67.7 Å². The molecule has 0 fully saturated rings. The zero-order valence-electron chi connectivity index (χ0n) is 12.2. The van der Waals surface area contributed by atoms with Crippen molar-refractivity contribution in [1.82, 2.24) is 0 Å². The molecular formula is C16H17BrN2O2. The van der Waals surface area contributed by atoms with E-state index in [9.17, 15) is 10.1 Å². The number of nitrogens with zero attached hydrogens (tertiary/aromatic N) is 1. The fourth-order valence-electron chi connectivity index (χ4n) is 2.40. The third-order valence-electron chi connectivity index (χ3n) is 3.42. The molecule has 0 aliphatic carbocycles. The number of rotatable bonds is 4. The van der Waals surface area contributed by atoms with E-state index >= 15 is 0 Å². The van der Waals surface area contributed by atoms with Crippen LogP contribution < -0.4 is 5.32 Å². The van der Waals surface area contributed by atoms with Crippen LogP contribution in [-0.2, 0) is 0 Å². The highest BCUT2D eigenvalue weighted by Gasteiger charge is 2.17. The quantitative estimate of drug-likeness (QED) is 0.614. The summed E-state index contributed by atoms with van der Waals surface area (Å²) < 4.78 is 0.693. The second-order valence-electron chi connectivity index (χ2n) is 5.14. The molecule has 5 heteroatoms. The van der Waals surface area contributed by atoms with Crippen LogP contribution in [0.3, 0.4) is 0 Å². The number of anilines is 1. The van der Waals surface area contributed by atoms with Gasteiger partial charge in [-0.15, -0.1) is 0 Å². The number of nitro groups is 1. The molecular weight excluding hydrogens is 332 g/mol. The Morgan fingerprint density at radius 2 is 1.90 bits per heavy atom. The van der Waals surface area contributed by atoms with Gasteiger partial charge in [0.25, 0.3) is 5.69 Å². The zero-order chi connectivity index (χ0) is 15.6. The lowest BCUT2D eigenvalue weighted by molar-refractivity contribution is -0.384. The predicted octanol–water partition coefficient (Wildman–Crippen LogP) is 5.15. The molecule has 2 aromatic rings. The molecule has 110 valence electrons. The SMILES string of the molecule is Cc1ccc(C(C)Nc2ccc(Br)cc2[N+](=O)[O-])c(C)c1. The van der Waals surface area contributed by atoms with E-state index in [0.29, 0.717) is 10.2 Å². The average molecular weight is 349 g/mol. The van der Waals surface area contributed by atoms with Gasteiger partial charge in [-0.05, 0) is 44.0 Å². The molecule has 0 aliphatic heterocycles. The molecule has 1 unspecified atom stereocenters. The van der Waals surface area contributed by atoms with Crippen LogP contribution in [-0.4, -0.2) is 4.92 Å². The summed E-state index contributed by atoms with van der Waals surface area (Å²) in [7, 11) is 0. The Morgan fingerprint density at radius 1 is 1.19 bits per heavy atom. The third-order valence-corrected chi connectivity index (χ3v) is 3.91. The van der Waals surface area contributed by atoms with Gasteiger partial charge in [0, 0.05) is 16.6 Å². The monoisotopic (exact) mass is 348 g/mol. The fraction of sp³-hybridized carbons (Fsp3) is 0.250. The van der Waals surface area contributed by atoms with E-state index in [2.05, 4.69) is 53.3 Å². The molecule has 0 saturated heterocycles. The van der Waals surface area contributed by atoms with E-state index in [1.54, 1.807) is 12.1 Å². The maximum Gasteiger partial charge on any atom is 0.293 e. The van der Waals surface area contributed by atoms with Gasteiger partial charge in [0.1, 0.15) is 5.69 Å². The van der Waals surface area contributed by atoms with Crippen molar-refractivity contribution in [3.8, 4) is 0 Å². The van der Waals surface area contributed by atoms with Gasteiger partial charge in [-0.1, -0.05) is 39.7 Å². The maximum absolute atomic E-state index is 11.1. The summed E-state index contributed by atoms with van der Waals surface area (Å²) in [5, 5.41) is 14.4. The maximum atomic E-state index is 11.1. The van der Waals surface area contributed by atoms with Crippen LogP contribution in [0, 0.1) is 24.0 Å². The lowest BCUT2D eigenvalue weighted by Gasteiger charge is -2.18. The van der Waals surface area contributed by atoms with Gasteiger partial charge >= 0.3 is 0 Å². The van der Waals surface area contributed by atoms with Crippen molar-refractivity contribution in [3.63, 3.8) is 0 Å². The van der Waals surface area contributed by atoms with Gasteiger partial charge in [0.15, 0.2) is 0 Å². The van der Waals surface area contributed by atoms with Gasteiger partial charge in [0.05, 0.1) is 4.92 Å². The summed E-state index contributed by atoms with van der Waals surface area (Å²) in [6.07, 6.45) is 0. The normalized spacial score (nSPS) is 12.0. The fourth-order valence-corrected chi connectivity index (χ4v) is 2.75. The second-order valence-corrected chi connectivity index (χ2v) is 6.06. The van der Waals surface area contributed by atoms with Crippen LogP contribution in [0.5, 0.6) is 0 Å². The van der Waals surface area contributed by atoms with Crippen molar-refractivity contribution >= 4 is 27.3 Å². The molecule has 21 heavy (non-hydrogen) atoms. The van der Waals surface area contributed by atoms with E-state index in [-0.39, 0.29) is 16.7 Å². The van der Waals surface area contributed by atoms with E-state index in [0.717, 1.165) is 5.56 Å². The van der Waals surface area contributed by atoms with E-state index in [4.69, 9.17) is 0 Å². The average Bonchev–Trinajstić information content (AvgIpc) is 2.40. The minimum absolute atomic E-state index is 0.00882. The highest BCUT2D eigenvalue weighted by molar-refractivity contribution is 9.10. The predicted molar refractivity (Wildman–Crippen MR) is 88.8 cm³/mol. The Kier molecular flexibility index (Phi) is 4.63. The first-order valence-electron chi connectivity index (χ1n) is 6.66. The summed E-state index contributed by atoms with van der Waals surface area (Å²) in [5.41, 5.74) is 4.11. The lowest BCUT2D eigenvalue weighted by Crippen LogP contribution is -2.09. The smallest absolute Gasteiger partial charge is 0.293 e. The number of benzene rings is 2. The summed E-state index contributed by atoms with van der Waals surface area (Å²) in [6.45, 7) is 6.11. The molecule has 0 saturated carbocycles. The van der Waals surface area contributed by atoms with Gasteiger partial charge in [0.2, 0.25) is 0 Å². The number of halogens is 1. The van der Waals surface area contributed by atoms with Crippen LogP contribution in [0.2, 0.25) is 0 Å². The Labute approximate surface area is 132 Å². The van der Waals surface area contributed by atoms with Crippen molar-refractivity contribution in [1.29, 1.82) is 0 Å². The van der Waals surface area contributed by atoms with E-state index < -0.39 is 0 Å². The summed E-state index contributed by atoms with van der Waals surface area (Å²) >= 11 is 3.26. The molecule has 2 rings (SSSR count). The first-order chi connectivity index (χ1) is 9.88. The Morgan fingerprint density at radius 3 is 2.52 bits per heavy atom. The standard InChI is InChI=1S/C16H17BrN2O2/c1-10-4-6-14(11(2)8-10)12(3)18-15-7-5-13(17)9-16(15)19(20)21/h4-9,12,18H,1-3H3. The van der Waals surface area contributed by atoms with Crippen LogP contribution in [0.1, 0.15) is 29.7 Å². The van der Waals surface area contributed by atoms with Gasteiger partial charge in [-0.25, -0.2) is 0 Å². The number of nitro benzene ring substituents is 1. The molecule has 0 amide bonds. The molecule has 0 heterocycles. The number of hydrogen-bond acceptors (Lipinski definition) is 3. The van der Waals surface area contributed by atoms with Crippen LogP contribution >= 0.6 is 15.9 Å². The van der Waals surface area contributed by atoms with Crippen molar-refractivity contribution < 1.29 is 4.92 Å². The summed E-state index contributed by atoms with van der Waals surface area (Å²) in [4.78, 5) is 10.8. The van der Waals surface area contributed by atoms with Gasteiger partial charge in [-0.3, -0.25) is 10.1 Å². The topological polar surface area (TPSA) is 55.2 Å². The molecule has 2 aromatic carbocycles. The highest BCUT2D eigenvalue weighted by Crippen LogP contribution is 2.31. The Balaban J connectivity index is 2.31. The summed E-state index contributed by atoms with van der Waals surface area (Å²) in [5.74, 6) is 0. The molecule has 0 radical (unpaired) electrons. The van der Waals surface area contributed by atoms with Crippen molar-refractivity contribution in [2.24, 2.45) is 0 Å². The van der Waals surface area contributed by atoms with Crippen molar-refractivity contribution in [2.75, 3.05) is 5.32 Å². The molecule has 0 bridgehead atoms. The van der Waals surface area contributed by atoms with Gasteiger partial charge in [-0.2, -0.15) is 0 Å². The number of hydrogen-bond donors (Lipinski definition) is 1. The highest BCUT2D eigenvalue weighted by atomic mass is 79.9. The summed E-state index contributed by atoms with van der Waals surface area (Å²) in [6, 6.07) is 11.3. The molecule has 0 aromatic heterocycles. The molecule has 0 spiro atoms. The van der Waals surface area contributed by atoms with E-state index in [1.165, 1.54) is 17.2 Å². The molecule has 1 atom stereocenters. The molecule has 1 N–H and O–H groups in total. The van der Waals surface area contributed by atoms with Crippen LogP contribution in [0.15, 0.2) is 40.9 Å². The van der Waals surface area contributed by atoms with Crippen LogP contribution in [0.4, 0.5) is 11.4 Å². The Bertz CT molecular complexity index is 686. The van der Waals surface area contributed by atoms with Crippen LogP contribution in [0.25, 0.3) is 0 Å². The minimum Gasteiger partial charge on any atom is -0.373 e. The molecule has 0 aliphatic rings. The lowest BCUT2D eigenvalue weighted by atomic mass is 10.00. The number of aryl methyl sites for hydroxylation is 2. The first kappa shape index (κ1) is 15.5. The first-order valence-corrected chi connectivity index (χ1v) is 7.45. The third kappa shape index (κ3) is 3.61. The van der Waals surface area contributed by atoms with Crippen molar-refractivity contribution in [2.45, 2.75) is 26.8 Å². The van der Waals surface area contributed by atoms with E-state index in [1.807, 2.05) is 6.92 Å². The second kappa shape index (κ2) is 6.26. The molecule has 4 nitrogen and oxygen atoms in total. The number of nitrogens with one attached hydrogen (secondary N) is 1. The largest absolute Gasteiger partial charge is 0.373 e. The van der Waals surface area contributed by atoms with Gasteiger partial charge < -0.3 is 5.32 Å².